The SMILES string of the molecule is COc1ccc(C(OC[C@@H]2O[C@H](n3cc(C)c(=O)[nH]c3=O)C(OCCN)C2O)(c2ccccc2)c2ccc(OC)cc2)cc1. The van der Waals surface area contributed by atoms with Gasteiger partial charge >= 0.3 is 5.69 Å². The smallest absolute Gasteiger partial charge is 0.330 e. The van der Waals surface area contributed by atoms with Crippen LogP contribution in [0.15, 0.2) is 94.6 Å². The van der Waals surface area contributed by atoms with E-state index in [1.54, 1.807) is 21.1 Å². The summed E-state index contributed by atoms with van der Waals surface area (Å²) in [4.78, 5) is 27.1. The van der Waals surface area contributed by atoms with E-state index in [0.717, 1.165) is 16.7 Å². The maximum Gasteiger partial charge on any atom is 0.330 e. The first kappa shape index (κ1) is 31.2. The Morgan fingerprint density at radius 3 is 2.02 bits per heavy atom. The molecule has 0 bridgehead atoms. The highest BCUT2D eigenvalue weighted by molar-refractivity contribution is 5.49. The van der Waals surface area contributed by atoms with Gasteiger partial charge in [0.05, 0.1) is 27.4 Å². The van der Waals surface area contributed by atoms with E-state index in [1.807, 2.05) is 78.9 Å². The normalized spacial score (nSPS) is 20.0. The minimum atomic E-state index is -1.19. The van der Waals surface area contributed by atoms with E-state index in [4.69, 9.17) is 29.4 Å². The number of nitrogens with two attached hydrogens (primary N) is 1. The number of rotatable bonds is 12. The van der Waals surface area contributed by atoms with E-state index in [-0.39, 0.29) is 19.8 Å². The molecular weight excluding hydrogens is 566 g/mol. The van der Waals surface area contributed by atoms with Crippen molar-refractivity contribution in [3.05, 3.63) is 128 Å². The highest BCUT2D eigenvalue weighted by Gasteiger charge is 2.48. The van der Waals surface area contributed by atoms with Crippen molar-refractivity contribution >= 4 is 0 Å². The van der Waals surface area contributed by atoms with Crippen LogP contribution in [0.4, 0.5) is 0 Å². The summed E-state index contributed by atoms with van der Waals surface area (Å²) in [6.07, 6.45) is -2.71. The summed E-state index contributed by atoms with van der Waals surface area (Å²) >= 11 is 0. The molecule has 0 radical (unpaired) electrons. The second kappa shape index (κ2) is 13.6. The Hall–Kier alpha value is -4.26. The Morgan fingerprint density at radius 1 is 0.909 bits per heavy atom. The van der Waals surface area contributed by atoms with Crippen LogP contribution >= 0.6 is 0 Å². The van der Waals surface area contributed by atoms with Gasteiger partial charge in [0.1, 0.15) is 35.4 Å². The van der Waals surface area contributed by atoms with Crippen LogP contribution < -0.4 is 26.5 Å². The van der Waals surface area contributed by atoms with Crippen LogP contribution in [-0.4, -0.2) is 66.9 Å². The number of aromatic amines is 1. The van der Waals surface area contributed by atoms with Gasteiger partial charge in [-0.2, -0.15) is 0 Å². The van der Waals surface area contributed by atoms with Crippen LogP contribution in [-0.2, 0) is 19.8 Å². The van der Waals surface area contributed by atoms with Crippen LogP contribution in [0.2, 0.25) is 0 Å². The highest BCUT2D eigenvalue weighted by atomic mass is 16.6. The molecule has 4 N–H and O–H groups in total. The van der Waals surface area contributed by atoms with Crippen LogP contribution in [0.25, 0.3) is 0 Å². The molecule has 11 heteroatoms. The molecule has 1 aliphatic rings. The molecule has 1 fully saturated rings. The van der Waals surface area contributed by atoms with Crippen molar-refractivity contribution in [1.82, 2.24) is 9.55 Å². The molecule has 1 aliphatic heterocycles. The molecule has 0 spiro atoms. The van der Waals surface area contributed by atoms with Crippen LogP contribution in [0.3, 0.4) is 0 Å². The fourth-order valence-corrected chi connectivity index (χ4v) is 5.52. The molecule has 1 aromatic heterocycles. The number of aromatic nitrogens is 2. The minimum Gasteiger partial charge on any atom is -0.497 e. The molecular formula is C33H37N3O8. The topological polar surface area (TPSA) is 147 Å². The van der Waals surface area contributed by atoms with Crippen molar-refractivity contribution < 1.29 is 28.8 Å². The fraction of sp³-hybridized carbons (Fsp3) is 0.333. The zero-order valence-electron chi connectivity index (χ0n) is 24.8. The summed E-state index contributed by atoms with van der Waals surface area (Å²) in [5, 5.41) is 11.5. The summed E-state index contributed by atoms with van der Waals surface area (Å²) in [6, 6.07) is 24.9. The molecule has 3 aromatic carbocycles. The average Bonchev–Trinajstić information content (AvgIpc) is 3.37. The standard InChI is InChI=1S/C33H37N3O8/c1-21-19-36(32(39)35-30(21)38)31-29(42-18-17-34)28(37)27(44-31)20-43-33(22-7-5-4-6-8-22,23-9-13-25(40-2)14-10-23)24-11-15-26(41-3)16-12-24/h4-16,19,27-29,31,37H,17-18,20,34H2,1-3H3,(H,35,38,39)/t27-,28?,29?,31-/m0/s1. The predicted octanol–water partition coefficient (Wildman–Crippen LogP) is 2.47. The molecule has 1 saturated heterocycles. The van der Waals surface area contributed by atoms with Gasteiger partial charge < -0.3 is 34.5 Å². The number of aliphatic hydroxyl groups excluding tert-OH is 1. The summed E-state index contributed by atoms with van der Waals surface area (Å²) in [6.45, 7) is 1.80. The molecule has 4 atom stereocenters. The number of H-pyrrole nitrogens is 1. The number of aliphatic hydroxyl groups is 1. The first-order valence-electron chi connectivity index (χ1n) is 14.3. The molecule has 0 aliphatic carbocycles. The van der Waals surface area contributed by atoms with Crippen molar-refractivity contribution in [2.75, 3.05) is 34.0 Å². The third-order valence-corrected chi connectivity index (χ3v) is 7.80. The summed E-state index contributed by atoms with van der Waals surface area (Å²) in [5.41, 5.74) is 6.11. The summed E-state index contributed by atoms with van der Waals surface area (Å²) in [5.74, 6) is 1.37. The number of aryl methyl sites for hydroxylation is 1. The van der Waals surface area contributed by atoms with Gasteiger partial charge in [0.2, 0.25) is 0 Å². The van der Waals surface area contributed by atoms with E-state index >= 15 is 0 Å². The Labute approximate surface area is 254 Å². The molecule has 2 unspecified atom stereocenters. The number of hydrogen-bond donors (Lipinski definition) is 3. The lowest BCUT2D eigenvalue weighted by Crippen LogP contribution is -2.41. The van der Waals surface area contributed by atoms with Crippen molar-refractivity contribution in [3.63, 3.8) is 0 Å². The maximum absolute atomic E-state index is 12.8. The van der Waals surface area contributed by atoms with Gasteiger partial charge in [0.25, 0.3) is 5.56 Å². The first-order valence-corrected chi connectivity index (χ1v) is 14.3. The lowest BCUT2D eigenvalue weighted by atomic mass is 9.80. The molecule has 2 heterocycles. The molecule has 0 amide bonds. The van der Waals surface area contributed by atoms with Crippen LogP contribution in [0, 0.1) is 6.92 Å². The number of nitrogens with one attached hydrogen (secondary N) is 1. The van der Waals surface area contributed by atoms with Gasteiger partial charge in [-0.25, -0.2) is 4.79 Å². The summed E-state index contributed by atoms with van der Waals surface area (Å²) < 4.78 is 31.1. The zero-order chi connectivity index (χ0) is 31.3. The molecule has 11 nitrogen and oxygen atoms in total. The van der Waals surface area contributed by atoms with Crippen LogP contribution in [0.5, 0.6) is 11.5 Å². The van der Waals surface area contributed by atoms with Crippen molar-refractivity contribution in [2.45, 2.75) is 37.1 Å². The Morgan fingerprint density at radius 2 is 1.48 bits per heavy atom. The maximum atomic E-state index is 12.8. The van der Waals surface area contributed by atoms with E-state index in [9.17, 15) is 14.7 Å². The lowest BCUT2D eigenvalue weighted by Gasteiger charge is -2.37. The molecule has 5 rings (SSSR count). The van der Waals surface area contributed by atoms with E-state index in [0.29, 0.717) is 17.1 Å². The van der Waals surface area contributed by atoms with Gasteiger partial charge in [0.15, 0.2) is 6.23 Å². The Kier molecular flexibility index (Phi) is 9.62. The van der Waals surface area contributed by atoms with E-state index in [1.165, 1.54) is 10.8 Å². The second-order valence-corrected chi connectivity index (χ2v) is 10.5. The second-order valence-electron chi connectivity index (χ2n) is 10.5. The van der Waals surface area contributed by atoms with Gasteiger partial charge in [-0.15, -0.1) is 0 Å². The number of nitrogens with zero attached hydrogens (tertiary/aromatic N) is 1. The van der Waals surface area contributed by atoms with E-state index < -0.39 is 41.4 Å². The third-order valence-electron chi connectivity index (χ3n) is 7.80. The van der Waals surface area contributed by atoms with Crippen molar-refractivity contribution in [3.8, 4) is 11.5 Å². The monoisotopic (exact) mass is 603 g/mol. The van der Waals surface area contributed by atoms with Crippen molar-refractivity contribution in [1.29, 1.82) is 0 Å². The number of methoxy groups -OCH3 is 2. The van der Waals surface area contributed by atoms with Gasteiger partial charge in [-0.1, -0.05) is 54.6 Å². The fourth-order valence-electron chi connectivity index (χ4n) is 5.52. The number of ether oxygens (including phenoxy) is 5. The lowest BCUT2D eigenvalue weighted by molar-refractivity contribution is -0.0979. The zero-order valence-corrected chi connectivity index (χ0v) is 24.8. The Bertz CT molecular complexity index is 1590. The largest absolute Gasteiger partial charge is 0.497 e. The van der Waals surface area contributed by atoms with Gasteiger partial charge in [0, 0.05) is 18.3 Å². The highest BCUT2D eigenvalue weighted by Crippen LogP contribution is 2.43. The Balaban J connectivity index is 1.57. The van der Waals surface area contributed by atoms with E-state index in [2.05, 4.69) is 4.98 Å². The van der Waals surface area contributed by atoms with Crippen molar-refractivity contribution in [2.24, 2.45) is 5.73 Å². The molecule has 44 heavy (non-hydrogen) atoms. The molecule has 232 valence electrons. The number of hydrogen-bond acceptors (Lipinski definition) is 9. The predicted molar refractivity (Wildman–Crippen MR) is 163 cm³/mol. The molecule has 0 saturated carbocycles. The average molecular weight is 604 g/mol. The molecule has 4 aromatic rings. The quantitative estimate of drug-likeness (QED) is 0.208. The van der Waals surface area contributed by atoms with Gasteiger partial charge in [-0.3, -0.25) is 14.3 Å². The van der Waals surface area contributed by atoms with Crippen LogP contribution in [0.1, 0.15) is 28.5 Å². The summed E-state index contributed by atoms with van der Waals surface area (Å²) in [7, 11) is 3.21. The van der Waals surface area contributed by atoms with Gasteiger partial charge in [-0.05, 0) is 47.9 Å². The first-order chi connectivity index (χ1) is 21.3. The minimum absolute atomic E-state index is 0.0931. The number of benzene rings is 3. The third kappa shape index (κ3) is 6.05.